The zero-order valence-electron chi connectivity index (χ0n) is 9.85. The van der Waals surface area contributed by atoms with Crippen molar-refractivity contribution in [1.29, 1.82) is 5.26 Å². The van der Waals surface area contributed by atoms with Gasteiger partial charge in [-0.25, -0.2) is 0 Å². The first-order valence-corrected chi connectivity index (χ1v) is 5.16. The van der Waals surface area contributed by atoms with Gasteiger partial charge in [0.05, 0.1) is 0 Å². The first-order chi connectivity index (χ1) is 8.21. The van der Waals surface area contributed by atoms with Crippen molar-refractivity contribution in [2.45, 2.75) is 0 Å². The molecule has 0 heterocycles. The van der Waals surface area contributed by atoms with Crippen LogP contribution in [0.25, 0.3) is 0 Å². The summed E-state index contributed by atoms with van der Waals surface area (Å²) in [6, 6.07) is 1.86. The lowest BCUT2D eigenvalue weighted by molar-refractivity contribution is -0.125. The molecule has 0 rings (SSSR count). The van der Waals surface area contributed by atoms with E-state index in [1.54, 1.807) is 18.2 Å². The Balaban J connectivity index is 4.74. The van der Waals surface area contributed by atoms with E-state index in [1.165, 1.54) is 11.1 Å². The fraction of sp³-hybridized carbons (Fsp3) is 0.231. The van der Waals surface area contributed by atoms with Gasteiger partial charge in [-0.1, -0.05) is 18.2 Å². The van der Waals surface area contributed by atoms with Crippen LogP contribution in [0.5, 0.6) is 0 Å². The van der Waals surface area contributed by atoms with Gasteiger partial charge in [-0.15, -0.1) is 19.7 Å². The minimum Gasteiger partial charge on any atom is -0.386 e. The second-order valence-electron chi connectivity index (χ2n) is 3.15. The Morgan fingerprint density at radius 1 is 1.24 bits per heavy atom. The maximum Gasteiger partial charge on any atom is 0.266 e. The molecular formula is C13H17N3O. The average Bonchev–Trinajstić information content (AvgIpc) is 2.34. The third-order valence-electron chi connectivity index (χ3n) is 1.85. The molecule has 0 aromatic carbocycles. The first-order valence-electron chi connectivity index (χ1n) is 5.16. The molecule has 1 N–H and O–H groups in total. The number of hydrogen-bond donors (Lipinski definition) is 1. The van der Waals surface area contributed by atoms with Crippen LogP contribution in [0.3, 0.4) is 0 Å². The number of amides is 1. The maximum atomic E-state index is 11.9. The van der Waals surface area contributed by atoms with Crippen molar-refractivity contribution in [2.24, 2.45) is 0 Å². The molecule has 0 saturated heterocycles. The molecule has 0 radical (unpaired) electrons. The van der Waals surface area contributed by atoms with E-state index >= 15 is 0 Å². The molecule has 4 heteroatoms. The van der Waals surface area contributed by atoms with Crippen molar-refractivity contribution in [3.63, 3.8) is 0 Å². The highest BCUT2D eigenvalue weighted by molar-refractivity contribution is 5.97. The fourth-order valence-corrected chi connectivity index (χ4v) is 1.11. The molecule has 90 valence electrons. The largest absolute Gasteiger partial charge is 0.386 e. The molecule has 17 heavy (non-hydrogen) atoms. The summed E-state index contributed by atoms with van der Waals surface area (Å²) in [5, 5.41) is 11.7. The summed E-state index contributed by atoms with van der Waals surface area (Å²) in [5.41, 5.74) is 0.0514. The van der Waals surface area contributed by atoms with Crippen LogP contribution in [0.1, 0.15) is 0 Å². The van der Waals surface area contributed by atoms with Crippen molar-refractivity contribution in [3.05, 3.63) is 49.7 Å². The molecule has 0 spiro atoms. The van der Waals surface area contributed by atoms with E-state index in [0.29, 0.717) is 19.6 Å². The van der Waals surface area contributed by atoms with Crippen LogP contribution in [0.4, 0.5) is 0 Å². The molecule has 1 amide bonds. The van der Waals surface area contributed by atoms with Crippen LogP contribution in [0.15, 0.2) is 49.7 Å². The van der Waals surface area contributed by atoms with E-state index in [1.807, 2.05) is 6.07 Å². The van der Waals surface area contributed by atoms with Gasteiger partial charge in [-0.2, -0.15) is 5.26 Å². The van der Waals surface area contributed by atoms with E-state index in [0.717, 1.165) is 0 Å². The van der Waals surface area contributed by atoms with Crippen molar-refractivity contribution < 1.29 is 4.79 Å². The lowest BCUT2D eigenvalue weighted by Crippen LogP contribution is -2.32. The van der Waals surface area contributed by atoms with E-state index in [2.05, 4.69) is 25.1 Å². The normalized spacial score (nSPS) is 9.94. The zero-order chi connectivity index (χ0) is 13.1. The molecule has 0 fully saturated rings. The van der Waals surface area contributed by atoms with Crippen molar-refractivity contribution in [2.75, 3.05) is 19.6 Å². The maximum absolute atomic E-state index is 11.9. The van der Waals surface area contributed by atoms with Gasteiger partial charge in [0.15, 0.2) is 0 Å². The Bertz CT molecular complexity index is 353. The summed E-state index contributed by atoms with van der Waals surface area (Å²) in [4.78, 5) is 13.4. The van der Waals surface area contributed by atoms with Gasteiger partial charge < -0.3 is 10.2 Å². The smallest absolute Gasteiger partial charge is 0.266 e. The standard InChI is InChI=1S/C13H17N3O/c1-4-7-15-11-12(10-14)13(17)16(8-5-2)9-6-3/h4-6,11,15H,1-3,7-9H2/b12-11-. The quantitative estimate of drug-likeness (QED) is 0.297. The van der Waals surface area contributed by atoms with Gasteiger partial charge in [0.25, 0.3) is 5.91 Å². The van der Waals surface area contributed by atoms with Crippen LogP contribution < -0.4 is 5.32 Å². The van der Waals surface area contributed by atoms with Gasteiger partial charge in [-0.3, -0.25) is 4.79 Å². The number of carbonyl (C=O) groups is 1. The van der Waals surface area contributed by atoms with Crippen molar-refractivity contribution in [1.82, 2.24) is 10.2 Å². The highest BCUT2D eigenvalue weighted by atomic mass is 16.2. The predicted octanol–water partition coefficient (Wildman–Crippen LogP) is 1.37. The molecule has 0 aromatic rings. The topological polar surface area (TPSA) is 56.1 Å². The molecule has 4 nitrogen and oxygen atoms in total. The van der Waals surface area contributed by atoms with E-state index < -0.39 is 0 Å². The predicted molar refractivity (Wildman–Crippen MR) is 68.9 cm³/mol. The fourth-order valence-electron chi connectivity index (χ4n) is 1.11. The van der Waals surface area contributed by atoms with Gasteiger partial charge >= 0.3 is 0 Å². The summed E-state index contributed by atoms with van der Waals surface area (Å²) in [6.45, 7) is 11.9. The Morgan fingerprint density at radius 2 is 1.82 bits per heavy atom. The summed E-state index contributed by atoms with van der Waals surface area (Å²) >= 11 is 0. The lowest BCUT2D eigenvalue weighted by atomic mass is 10.2. The molecular weight excluding hydrogens is 214 g/mol. The van der Waals surface area contributed by atoms with E-state index in [4.69, 9.17) is 5.26 Å². The number of nitriles is 1. The lowest BCUT2D eigenvalue weighted by Gasteiger charge is -2.18. The van der Waals surface area contributed by atoms with Crippen LogP contribution in [-0.4, -0.2) is 30.4 Å². The number of nitrogens with zero attached hydrogens (tertiary/aromatic N) is 2. The SMILES string of the molecule is C=CCN/C=C(/C#N)C(=O)N(CC=C)CC=C. The Labute approximate surface area is 102 Å². The van der Waals surface area contributed by atoms with Crippen LogP contribution in [0, 0.1) is 11.3 Å². The minimum atomic E-state index is -0.344. The Hall–Kier alpha value is -2.28. The second kappa shape index (κ2) is 8.98. The third-order valence-corrected chi connectivity index (χ3v) is 1.85. The minimum absolute atomic E-state index is 0.0514. The number of hydrogen-bond acceptors (Lipinski definition) is 3. The summed E-state index contributed by atoms with van der Waals surface area (Å²) in [6.07, 6.45) is 6.24. The van der Waals surface area contributed by atoms with E-state index in [9.17, 15) is 4.79 Å². The molecule has 0 atom stereocenters. The second-order valence-corrected chi connectivity index (χ2v) is 3.15. The van der Waals surface area contributed by atoms with Crippen molar-refractivity contribution in [3.8, 4) is 6.07 Å². The third kappa shape index (κ3) is 5.38. The molecule has 0 saturated carbocycles. The van der Waals surface area contributed by atoms with Gasteiger partial charge in [-0.05, 0) is 0 Å². The Kier molecular flexibility index (Phi) is 7.78. The number of nitrogens with one attached hydrogen (secondary N) is 1. The summed E-state index contributed by atoms with van der Waals surface area (Å²) in [5.74, 6) is -0.344. The zero-order valence-corrected chi connectivity index (χ0v) is 9.85. The molecule has 0 aliphatic rings. The van der Waals surface area contributed by atoms with Gasteiger partial charge in [0.2, 0.25) is 0 Å². The Morgan fingerprint density at radius 3 is 2.24 bits per heavy atom. The van der Waals surface area contributed by atoms with Crippen molar-refractivity contribution >= 4 is 5.91 Å². The molecule has 0 aliphatic carbocycles. The van der Waals surface area contributed by atoms with Gasteiger partial charge in [0, 0.05) is 25.8 Å². The van der Waals surface area contributed by atoms with Crippen LogP contribution >= 0.6 is 0 Å². The highest BCUT2D eigenvalue weighted by Gasteiger charge is 2.15. The van der Waals surface area contributed by atoms with E-state index in [-0.39, 0.29) is 11.5 Å². The first kappa shape index (κ1) is 14.7. The average molecular weight is 231 g/mol. The monoisotopic (exact) mass is 231 g/mol. The summed E-state index contributed by atoms with van der Waals surface area (Å²) in [7, 11) is 0. The molecule has 0 bridgehead atoms. The van der Waals surface area contributed by atoms with Crippen LogP contribution in [0.2, 0.25) is 0 Å². The molecule has 0 aliphatic heterocycles. The van der Waals surface area contributed by atoms with Gasteiger partial charge in [0.1, 0.15) is 11.6 Å². The number of rotatable bonds is 8. The summed E-state index contributed by atoms with van der Waals surface area (Å²) < 4.78 is 0. The molecule has 0 unspecified atom stereocenters. The highest BCUT2D eigenvalue weighted by Crippen LogP contribution is 2.01. The van der Waals surface area contributed by atoms with Crippen LogP contribution in [-0.2, 0) is 4.79 Å². The number of carbonyl (C=O) groups excluding carboxylic acids is 1. The molecule has 0 aromatic heterocycles.